The molecule has 0 amide bonds. The number of allylic oxidation sites excluding steroid dienone is 1. The van der Waals surface area contributed by atoms with Crippen LogP contribution in [0.25, 0.3) is 0 Å². The third-order valence-electron chi connectivity index (χ3n) is 3.76. The van der Waals surface area contributed by atoms with Crippen LogP contribution in [0.2, 0.25) is 0 Å². The lowest BCUT2D eigenvalue weighted by molar-refractivity contribution is -0.153. The maximum absolute atomic E-state index is 11.7. The van der Waals surface area contributed by atoms with E-state index in [9.17, 15) is 9.59 Å². The number of fused-ring (bicyclic) bond motifs is 1. The van der Waals surface area contributed by atoms with Gasteiger partial charge >= 0.3 is 0 Å². The molecule has 13 heavy (non-hydrogen) atoms. The third-order valence-corrected chi connectivity index (χ3v) is 3.76. The lowest BCUT2D eigenvalue weighted by atomic mass is 9.49. The highest BCUT2D eigenvalue weighted by Gasteiger charge is 2.57. The molecule has 0 aromatic rings. The second kappa shape index (κ2) is 2.81. The Balaban J connectivity index is 2.23. The first-order valence-electron chi connectivity index (χ1n) is 4.96. The lowest BCUT2D eigenvalue weighted by Gasteiger charge is -2.51. The molecule has 2 heteroatoms. The van der Waals surface area contributed by atoms with Gasteiger partial charge in [0.2, 0.25) is 0 Å². The van der Waals surface area contributed by atoms with E-state index in [1.807, 2.05) is 6.92 Å². The minimum atomic E-state index is -0.465. The Morgan fingerprint density at radius 3 is 2.85 bits per heavy atom. The molecule has 2 rings (SSSR count). The Morgan fingerprint density at radius 1 is 1.46 bits per heavy atom. The van der Waals surface area contributed by atoms with Gasteiger partial charge in [-0.2, -0.15) is 0 Å². The minimum Gasteiger partial charge on any atom is -0.298 e. The van der Waals surface area contributed by atoms with Gasteiger partial charge in [0.1, 0.15) is 11.7 Å². The summed E-state index contributed by atoms with van der Waals surface area (Å²) in [5.74, 6) is 2.72. The summed E-state index contributed by atoms with van der Waals surface area (Å²) in [4.78, 5) is 22.0. The van der Waals surface area contributed by atoms with Gasteiger partial charge in [0.25, 0.3) is 0 Å². The van der Waals surface area contributed by atoms with Crippen LogP contribution in [0.4, 0.5) is 0 Å². The molecule has 2 fully saturated rings. The van der Waals surface area contributed by atoms with E-state index in [1.165, 1.54) is 18.9 Å². The number of hydrogen-bond donors (Lipinski definition) is 0. The molecule has 0 N–H and O–H groups in total. The van der Waals surface area contributed by atoms with Crippen molar-refractivity contribution in [1.82, 2.24) is 0 Å². The molecule has 2 saturated carbocycles. The summed E-state index contributed by atoms with van der Waals surface area (Å²) < 4.78 is 0. The summed E-state index contributed by atoms with van der Waals surface area (Å²) in [7, 11) is 0. The van der Waals surface area contributed by atoms with Crippen molar-refractivity contribution in [1.29, 1.82) is 0 Å². The SMILES string of the molecule is CC1(C=C=O)C(=O)C2CCCCC21. The number of carbonyl (C=O) groups is 1. The van der Waals surface area contributed by atoms with Crippen molar-refractivity contribution in [3.63, 3.8) is 0 Å². The highest BCUT2D eigenvalue weighted by atomic mass is 16.1. The minimum absolute atomic E-state index is 0.253. The summed E-state index contributed by atoms with van der Waals surface area (Å²) in [5, 5.41) is 0. The van der Waals surface area contributed by atoms with Gasteiger partial charge < -0.3 is 0 Å². The summed E-state index contributed by atoms with van der Waals surface area (Å²) in [6.07, 6.45) is 5.95. The summed E-state index contributed by atoms with van der Waals surface area (Å²) in [5.41, 5.74) is -0.465. The van der Waals surface area contributed by atoms with Crippen molar-refractivity contribution in [2.75, 3.05) is 0 Å². The Labute approximate surface area is 78.0 Å². The predicted octanol–water partition coefficient (Wildman–Crippen LogP) is 1.77. The second-order valence-electron chi connectivity index (χ2n) is 4.41. The highest BCUT2D eigenvalue weighted by molar-refractivity contribution is 5.96. The van der Waals surface area contributed by atoms with Crippen LogP contribution in [0.3, 0.4) is 0 Å². The molecule has 2 nitrogen and oxygen atoms in total. The van der Waals surface area contributed by atoms with E-state index in [0.29, 0.717) is 5.92 Å². The molecular weight excluding hydrogens is 164 g/mol. The molecule has 3 atom stereocenters. The van der Waals surface area contributed by atoms with Crippen molar-refractivity contribution in [3.05, 3.63) is 6.08 Å². The Hall–Kier alpha value is -0.880. The number of ketones is 1. The van der Waals surface area contributed by atoms with Crippen LogP contribution in [0.5, 0.6) is 0 Å². The topological polar surface area (TPSA) is 34.1 Å². The number of carbonyl (C=O) groups excluding carboxylic acids is 2. The van der Waals surface area contributed by atoms with E-state index in [4.69, 9.17) is 0 Å². The maximum atomic E-state index is 11.7. The highest BCUT2D eigenvalue weighted by Crippen LogP contribution is 2.54. The molecule has 0 aromatic heterocycles. The van der Waals surface area contributed by atoms with E-state index in [-0.39, 0.29) is 11.7 Å². The van der Waals surface area contributed by atoms with Gasteiger partial charge in [0.15, 0.2) is 0 Å². The van der Waals surface area contributed by atoms with Crippen LogP contribution >= 0.6 is 0 Å². The summed E-state index contributed by atoms with van der Waals surface area (Å²) >= 11 is 0. The molecule has 0 bridgehead atoms. The van der Waals surface area contributed by atoms with E-state index < -0.39 is 5.41 Å². The predicted molar refractivity (Wildman–Crippen MR) is 48.8 cm³/mol. The molecule has 2 aliphatic carbocycles. The molecule has 0 aromatic carbocycles. The van der Waals surface area contributed by atoms with Crippen molar-refractivity contribution < 1.29 is 9.59 Å². The van der Waals surface area contributed by atoms with Crippen LogP contribution in [0, 0.1) is 17.3 Å². The molecule has 0 heterocycles. The number of hydrogen-bond acceptors (Lipinski definition) is 2. The smallest absolute Gasteiger partial charge is 0.146 e. The first-order chi connectivity index (χ1) is 6.20. The fourth-order valence-electron chi connectivity index (χ4n) is 2.95. The maximum Gasteiger partial charge on any atom is 0.146 e. The first kappa shape index (κ1) is 8.71. The Bertz CT molecular complexity index is 288. The van der Waals surface area contributed by atoms with Gasteiger partial charge in [0.05, 0.1) is 5.41 Å². The van der Waals surface area contributed by atoms with Gasteiger partial charge in [-0.25, -0.2) is 4.79 Å². The zero-order valence-corrected chi connectivity index (χ0v) is 7.88. The standard InChI is InChI=1S/C11H14O2/c1-11(6-7-12)9-5-3-2-4-8(9)10(11)13/h6,8-9H,2-5H2,1H3. The fourth-order valence-corrected chi connectivity index (χ4v) is 2.95. The molecule has 0 saturated heterocycles. The normalized spacial score (nSPS) is 43.0. The van der Waals surface area contributed by atoms with Gasteiger partial charge in [0, 0.05) is 12.0 Å². The molecule has 0 spiro atoms. The fraction of sp³-hybridized carbons (Fsp3) is 0.727. The first-order valence-corrected chi connectivity index (χ1v) is 4.96. The monoisotopic (exact) mass is 178 g/mol. The third kappa shape index (κ3) is 1.02. The van der Waals surface area contributed by atoms with Crippen molar-refractivity contribution in [2.45, 2.75) is 32.6 Å². The van der Waals surface area contributed by atoms with E-state index in [0.717, 1.165) is 12.8 Å². The zero-order valence-electron chi connectivity index (χ0n) is 7.88. The van der Waals surface area contributed by atoms with Crippen LogP contribution in [-0.2, 0) is 9.59 Å². The van der Waals surface area contributed by atoms with Gasteiger partial charge in [-0.15, -0.1) is 0 Å². The van der Waals surface area contributed by atoms with Crippen molar-refractivity contribution >= 4 is 11.7 Å². The number of Topliss-reactive ketones (excluding diaryl/α,β-unsaturated/α-hetero) is 1. The zero-order chi connectivity index (χ0) is 9.47. The van der Waals surface area contributed by atoms with Gasteiger partial charge in [-0.3, -0.25) is 4.79 Å². The van der Waals surface area contributed by atoms with Gasteiger partial charge in [-0.05, 0) is 25.7 Å². The quantitative estimate of drug-likeness (QED) is 0.573. The molecule has 70 valence electrons. The Morgan fingerprint density at radius 2 is 2.15 bits per heavy atom. The van der Waals surface area contributed by atoms with Crippen LogP contribution in [0.15, 0.2) is 6.08 Å². The lowest BCUT2D eigenvalue weighted by Crippen LogP contribution is -2.56. The molecule has 0 radical (unpaired) electrons. The Kier molecular flexibility index (Phi) is 1.88. The largest absolute Gasteiger partial charge is 0.298 e. The van der Waals surface area contributed by atoms with Crippen molar-refractivity contribution in [2.24, 2.45) is 17.3 Å². The average molecular weight is 178 g/mol. The summed E-state index contributed by atoms with van der Waals surface area (Å²) in [6.45, 7) is 1.88. The van der Waals surface area contributed by atoms with Crippen LogP contribution in [0.1, 0.15) is 32.6 Å². The molecule has 2 aliphatic rings. The van der Waals surface area contributed by atoms with Crippen LogP contribution in [-0.4, -0.2) is 11.7 Å². The van der Waals surface area contributed by atoms with E-state index >= 15 is 0 Å². The number of rotatable bonds is 1. The van der Waals surface area contributed by atoms with Gasteiger partial charge in [-0.1, -0.05) is 12.8 Å². The molecule has 3 unspecified atom stereocenters. The van der Waals surface area contributed by atoms with E-state index in [2.05, 4.69) is 0 Å². The average Bonchev–Trinajstić information content (AvgIpc) is 2.17. The molecular formula is C11H14O2. The van der Waals surface area contributed by atoms with Crippen molar-refractivity contribution in [3.8, 4) is 0 Å². The summed E-state index contributed by atoms with van der Waals surface area (Å²) in [6, 6.07) is 0. The van der Waals surface area contributed by atoms with Crippen LogP contribution < -0.4 is 0 Å². The van der Waals surface area contributed by atoms with E-state index in [1.54, 1.807) is 5.94 Å². The second-order valence-corrected chi connectivity index (χ2v) is 4.41. The molecule has 0 aliphatic heterocycles.